The number of rotatable bonds is 12. The fourth-order valence-electron chi connectivity index (χ4n) is 4.06. The van der Waals surface area contributed by atoms with E-state index < -0.39 is 34.3 Å². The van der Waals surface area contributed by atoms with Gasteiger partial charge in [-0.2, -0.15) is 0 Å². The predicted octanol–water partition coefficient (Wildman–Crippen LogP) is 4.07. The van der Waals surface area contributed by atoms with Crippen molar-refractivity contribution in [1.82, 2.24) is 10.2 Å². The van der Waals surface area contributed by atoms with E-state index in [1.807, 2.05) is 68.4 Å². The van der Waals surface area contributed by atoms with Crippen LogP contribution < -0.4 is 9.62 Å². The predicted molar refractivity (Wildman–Crippen MR) is 148 cm³/mol. The minimum Gasteiger partial charge on any atom is -0.354 e. The molecule has 7 nitrogen and oxygen atoms in total. The van der Waals surface area contributed by atoms with Gasteiger partial charge >= 0.3 is 0 Å². The molecule has 0 saturated carbocycles. The van der Waals surface area contributed by atoms with Crippen molar-refractivity contribution in [1.29, 1.82) is 0 Å². The number of carbonyl (C=O) groups is 2. The second-order valence-corrected chi connectivity index (χ2v) is 11.2. The molecule has 0 radical (unpaired) electrons. The largest absolute Gasteiger partial charge is 0.354 e. The number of anilines is 1. The Balaban J connectivity index is 2.03. The molecule has 38 heavy (non-hydrogen) atoms. The Morgan fingerprint density at radius 2 is 1.63 bits per heavy atom. The molecule has 1 atom stereocenters. The van der Waals surface area contributed by atoms with Gasteiger partial charge < -0.3 is 10.2 Å². The highest BCUT2D eigenvalue weighted by Gasteiger charge is 2.33. The summed E-state index contributed by atoms with van der Waals surface area (Å²) in [5, 5.41) is 2.89. The Morgan fingerprint density at radius 1 is 0.947 bits per heavy atom. The number of benzene rings is 3. The van der Waals surface area contributed by atoms with Crippen LogP contribution >= 0.6 is 0 Å². The summed E-state index contributed by atoms with van der Waals surface area (Å²) in [6.07, 6.45) is 1.93. The topological polar surface area (TPSA) is 86.8 Å². The van der Waals surface area contributed by atoms with E-state index >= 15 is 0 Å². The monoisotopic (exact) mass is 539 g/mol. The van der Waals surface area contributed by atoms with Gasteiger partial charge in [0.05, 0.1) is 11.9 Å². The van der Waals surface area contributed by atoms with Crippen LogP contribution in [0.4, 0.5) is 10.1 Å². The zero-order valence-electron chi connectivity index (χ0n) is 21.9. The van der Waals surface area contributed by atoms with E-state index in [4.69, 9.17) is 0 Å². The van der Waals surface area contributed by atoms with Crippen molar-refractivity contribution in [2.24, 2.45) is 0 Å². The zero-order valence-corrected chi connectivity index (χ0v) is 22.7. The van der Waals surface area contributed by atoms with Gasteiger partial charge in [-0.25, -0.2) is 12.8 Å². The van der Waals surface area contributed by atoms with Crippen molar-refractivity contribution in [2.45, 2.75) is 39.3 Å². The van der Waals surface area contributed by atoms with Gasteiger partial charge in [0.1, 0.15) is 18.4 Å². The molecule has 0 aromatic heterocycles. The smallest absolute Gasteiger partial charge is 0.244 e. The van der Waals surface area contributed by atoms with Crippen molar-refractivity contribution < 1.29 is 22.4 Å². The van der Waals surface area contributed by atoms with Gasteiger partial charge in [-0.3, -0.25) is 13.9 Å². The SMILES string of the molecule is CCCNC(=O)[C@H](Cc1ccccc1)N(Cc1ccc(C)cc1)C(=O)CN(c1cccc(F)c1)S(C)(=O)=O. The molecule has 3 aromatic carbocycles. The molecule has 3 aromatic rings. The molecule has 0 bridgehead atoms. The normalized spacial score (nSPS) is 12.0. The Labute approximate surface area is 224 Å². The van der Waals surface area contributed by atoms with Crippen molar-refractivity contribution >= 4 is 27.5 Å². The highest BCUT2D eigenvalue weighted by Crippen LogP contribution is 2.21. The van der Waals surface area contributed by atoms with Crippen LogP contribution in [0, 0.1) is 12.7 Å². The van der Waals surface area contributed by atoms with Crippen LogP contribution in [-0.2, 0) is 32.6 Å². The number of amides is 2. The third-order valence-electron chi connectivity index (χ3n) is 6.07. The van der Waals surface area contributed by atoms with E-state index in [-0.39, 0.29) is 24.6 Å². The van der Waals surface area contributed by atoms with Gasteiger partial charge in [0.2, 0.25) is 21.8 Å². The zero-order chi connectivity index (χ0) is 27.7. The lowest BCUT2D eigenvalue weighted by atomic mass is 10.0. The highest BCUT2D eigenvalue weighted by molar-refractivity contribution is 7.92. The van der Waals surface area contributed by atoms with Crippen molar-refractivity contribution in [2.75, 3.05) is 23.7 Å². The maximum absolute atomic E-state index is 14.0. The lowest BCUT2D eigenvalue weighted by Crippen LogP contribution is -2.53. The lowest BCUT2D eigenvalue weighted by Gasteiger charge is -2.33. The van der Waals surface area contributed by atoms with Crippen molar-refractivity contribution in [3.8, 4) is 0 Å². The Kier molecular flexibility index (Phi) is 10.0. The molecule has 0 spiro atoms. The molecule has 0 aliphatic heterocycles. The van der Waals surface area contributed by atoms with Crippen molar-refractivity contribution in [3.63, 3.8) is 0 Å². The molecule has 2 amide bonds. The minimum absolute atomic E-state index is 0.0335. The number of hydrogen-bond donors (Lipinski definition) is 1. The number of hydrogen-bond acceptors (Lipinski definition) is 4. The average molecular weight is 540 g/mol. The number of nitrogens with one attached hydrogen (secondary N) is 1. The number of aryl methyl sites for hydroxylation is 1. The molecule has 0 unspecified atom stereocenters. The van der Waals surface area contributed by atoms with E-state index in [1.54, 1.807) is 0 Å². The number of halogens is 1. The Morgan fingerprint density at radius 3 is 2.24 bits per heavy atom. The summed E-state index contributed by atoms with van der Waals surface area (Å²) in [5.74, 6) is -1.53. The van der Waals surface area contributed by atoms with Crippen LogP contribution in [0.1, 0.15) is 30.0 Å². The summed E-state index contributed by atoms with van der Waals surface area (Å²) in [7, 11) is -3.94. The van der Waals surface area contributed by atoms with Crippen LogP contribution in [0.3, 0.4) is 0 Å². The second kappa shape index (κ2) is 13.2. The van der Waals surface area contributed by atoms with E-state index in [0.29, 0.717) is 6.54 Å². The second-order valence-electron chi connectivity index (χ2n) is 9.25. The van der Waals surface area contributed by atoms with Gasteiger partial charge in [-0.1, -0.05) is 73.2 Å². The average Bonchev–Trinajstić information content (AvgIpc) is 2.88. The van der Waals surface area contributed by atoms with Crippen molar-refractivity contribution in [3.05, 3.63) is 101 Å². The molecule has 0 fully saturated rings. The molecule has 3 rings (SSSR count). The molecule has 0 heterocycles. The molecular weight excluding hydrogens is 505 g/mol. The fourth-order valence-corrected chi connectivity index (χ4v) is 4.90. The van der Waals surface area contributed by atoms with Gasteiger partial charge in [0.25, 0.3) is 0 Å². The Bertz CT molecular complexity index is 1330. The minimum atomic E-state index is -3.94. The van der Waals surface area contributed by atoms with Crippen LogP contribution in [0.5, 0.6) is 0 Å². The van der Waals surface area contributed by atoms with Gasteiger partial charge in [-0.15, -0.1) is 0 Å². The molecule has 0 aliphatic rings. The number of carbonyl (C=O) groups excluding carboxylic acids is 2. The number of nitrogens with zero attached hydrogens (tertiary/aromatic N) is 2. The first-order valence-corrected chi connectivity index (χ1v) is 14.3. The van der Waals surface area contributed by atoms with E-state index in [1.165, 1.54) is 23.1 Å². The van der Waals surface area contributed by atoms with Crippen LogP contribution in [0.25, 0.3) is 0 Å². The maximum atomic E-state index is 14.0. The highest BCUT2D eigenvalue weighted by atomic mass is 32.2. The molecule has 202 valence electrons. The Hall–Kier alpha value is -3.72. The summed E-state index contributed by atoms with van der Waals surface area (Å²) in [4.78, 5) is 28.7. The fraction of sp³-hybridized carbons (Fsp3) is 0.310. The van der Waals surface area contributed by atoms with Crippen LogP contribution in [0.2, 0.25) is 0 Å². The third-order valence-corrected chi connectivity index (χ3v) is 7.21. The molecule has 0 aliphatic carbocycles. The first-order chi connectivity index (χ1) is 18.1. The summed E-state index contributed by atoms with van der Waals surface area (Å²) < 4.78 is 40.2. The maximum Gasteiger partial charge on any atom is 0.244 e. The van der Waals surface area contributed by atoms with Gasteiger partial charge in [0.15, 0.2) is 0 Å². The van der Waals surface area contributed by atoms with Gasteiger partial charge in [0, 0.05) is 19.5 Å². The molecule has 0 saturated heterocycles. The van der Waals surface area contributed by atoms with Gasteiger partial charge in [-0.05, 0) is 42.7 Å². The third kappa shape index (κ3) is 8.14. The standard InChI is InChI=1S/C29H34FN3O4S/c1-4-17-31-29(35)27(18-23-9-6-5-7-10-23)32(20-24-15-13-22(2)14-16-24)28(34)21-33(38(3,36)37)26-12-8-11-25(30)19-26/h5-16,19,27H,4,17-18,20-21H2,1-3H3,(H,31,35)/t27-/m0/s1. The van der Waals surface area contributed by atoms with Crippen LogP contribution in [-0.4, -0.2) is 50.5 Å². The van der Waals surface area contributed by atoms with E-state index in [9.17, 15) is 22.4 Å². The first kappa shape index (κ1) is 28.8. The number of sulfonamides is 1. The van der Waals surface area contributed by atoms with Crippen LogP contribution in [0.15, 0.2) is 78.9 Å². The van der Waals surface area contributed by atoms with E-state index in [0.717, 1.165) is 39.7 Å². The van der Waals surface area contributed by atoms with E-state index in [2.05, 4.69) is 5.32 Å². The summed E-state index contributed by atoms with van der Waals surface area (Å²) in [5.41, 5.74) is 2.73. The summed E-state index contributed by atoms with van der Waals surface area (Å²) >= 11 is 0. The molecular formula is C29H34FN3O4S. The lowest BCUT2D eigenvalue weighted by molar-refractivity contribution is -0.140. The molecule has 9 heteroatoms. The first-order valence-electron chi connectivity index (χ1n) is 12.5. The summed E-state index contributed by atoms with van der Waals surface area (Å²) in [6.45, 7) is 3.84. The summed E-state index contributed by atoms with van der Waals surface area (Å²) in [6, 6.07) is 21.1. The molecule has 1 N–H and O–H groups in total. The quantitative estimate of drug-likeness (QED) is 0.376.